The maximum atomic E-state index is 10.3. The molecule has 20 heavy (non-hydrogen) atoms. The third kappa shape index (κ3) is 3.25. The van der Waals surface area contributed by atoms with Crippen molar-refractivity contribution in [1.82, 2.24) is 5.43 Å². The average Bonchev–Trinajstić information content (AvgIpc) is 2.28. The van der Waals surface area contributed by atoms with E-state index >= 15 is 0 Å². The van der Waals surface area contributed by atoms with Gasteiger partial charge < -0.3 is 5.11 Å². The van der Waals surface area contributed by atoms with Crippen LogP contribution in [0.1, 0.15) is 66.7 Å². The third-order valence-electron chi connectivity index (χ3n) is 5.01. The van der Waals surface area contributed by atoms with Crippen molar-refractivity contribution < 1.29 is 5.11 Å². The highest BCUT2D eigenvalue weighted by atomic mass is 16.3. The van der Waals surface area contributed by atoms with Crippen LogP contribution in [0.5, 0.6) is 0 Å². The van der Waals surface area contributed by atoms with E-state index in [0.717, 1.165) is 25.7 Å². The van der Waals surface area contributed by atoms with Gasteiger partial charge in [-0.25, -0.2) is 0 Å². The Hall–Kier alpha value is -0.830. The van der Waals surface area contributed by atoms with Crippen LogP contribution in [0.4, 0.5) is 0 Å². The van der Waals surface area contributed by atoms with E-state index in [4.69, 9.17) is 0 Å². The van der Waals surface area contributed by atoms with Crippen LogP contribution >= 0.6 is 0 Å². The number of hydrogen-bond acceptors (Lipinski definition) is 3. The maximum Gasteiger partial charge on any atom is 0.0619 e. The third-order valence-corrected chi connectivity index (χ3v) is 5.01. The predicted octanol–water partition coefficient (Wildman–Crippen LogP) is 3.84. The number of allylic oxidation sites excluding steroid dienone is 2. The summed E-state index contributed by atoms with van der Waals surface area (Å²) >= 11 is 0. The molecule has 2 rings (SSSR count). The molecule has 0 bridgehead atoms. The highest BCUT2D eigenvalue weighted by molar-refractivity contribution is 5.91. The molecule has 1 aliphatic heterocycles. The Bertz CT molecular complexity index is 415. The van der Waals surface area contributed by atoms with Crippen molar-refractivity contribution in [3.8, 4) is 0 Å². The molecule has 0 aromatic carbocycles. The maximum absolute atomic E-state index is 10.3. The van der Waals surface area contributed by atoms with E-state index in [0.29, 0.717) is 17.8 Å². The standard InChI is InChI=1S/C17H30N2O/c1-11(2)16-15-10-9-13(17(4,5)20)7-6-8-14(15)12(3)18-19-16/h11,13,15,18,20H,6-10H2,1-5H3. The molecule has 2 aliphatic rings. The van der Waals surface area contributed by atoms with E-state index in [2.05, 4.69) is 31.3 Å². The molecule has 3 heteroatoms. The van der Waals surface area contributed by atoms with Gasteiger partial charge in [-0.3, -0.25) is 5.43 Å². The second-order valence-electron chi connectivity index (χ2n) is 7.33. The van der Waals surface area contributed by atoms with Gasteiger partial charge in [0.15, 0.2) is 0 Å². The summed E-state index contributed by atoms with van der Waals surface area (Å²) < 4.78 is 0. The zero-order valence-corrected chi connectivity index (χ0v) is 13.7. The van der Waals surface area contributed by atoms with E-state index < -0.39 is 5.60 Å². The molecular weight excluding hydrogens is 248 g/mol. The van der Waals surface area contributed by atoms with Gasteiger partial charge in [0, 0.05) is 17.3 Å². The molecule has 3 nitrogen and oxygen atoms in total. The van der Waals surface area contributed by atoms with Crippen LogP contribution in [0.2, 0.25) is 0 Å². The minimum Gasteiger partial charge on any atom is -0.390 e. The van der Waals surface area contributed by atoms with Crippen molar-refractivity contribution in [1.29, 1.82) is 0 Å². The van der Waals surface area contributed by atoms with Crippen molar-refractivity contribution in [3.05, 3.63) is 11.3 Å². The molecule has 1 heterocycles. The number of hydrazone groups is 1. The summed E-state index contributed by atoms with van der Waals surface area (Å²) in [5.41, 5.74) is 6.76. The van der Waals surface area contributed by atoms with E-state index in [9.17, 15) is 5.11 Å². The fraction of sp³-hybridized carbons (Fsp3) is 0.824. The van der Waals surface area contributed by atoms with E-state index in [1.165, 1.54) is 17.8 Å². The van der Waals surface area contributed by atoms with Crippen LogP contribution in [-0.4, -0.2) is 16.4 Å². The predicted molar refractivity (Wildman–Crippen MR) is 84.5 cm³/mol. The van der Waals surface area contributed by atoms with Gasteiger partial charge in [0.05, 0.1) is 5.60 Å². The molecule has 0 amide bonds. The summed E-state index contributed by atoms with van der Waals surface area (Å²) in [6.07, 6.45) is 5.66. The average molecular weight is 278 g/mol. The van der Waals surface area contributed by atoms with Gasteiger partial charge in [0.1, 0.15) is 0 Å². The van der Waals surface area contributed by atoms with Gasteiger partial charge in [-0.05, 0) is 70.3 Å². The summed E-state index contributed by atoms with van der Waals surface area (Å²) in [4.78, 5) is 0. The first-order chi connectivity index (χ1) is 9.30. The zero-order chi connectivity index (χ0) is 14.9. The molecule has 2 atom stereocenters. The Morgan fingerprint density at radius 1 is 1.25 bits per heavy atom. The van der Waals surface area contributed by atoms with Gasteiger partial charge in [0.25, 0.3) is 0 Å². The number of hydrogen-bond donors (Lipinski definition) is 2. The lowest BCUT2D eigenvalue weighted by Crippen LogP contribution is -2.36. The largest absolute Gasteiger partial charge is 0.390 e. The van der Waals surface area contributed by atoms with Crippen LogP contribution in [0.25, 0.3) is 0 Å². The molecule has 0 aromatic rings. The number of nitrogens with one attached hydrogen (secondary N) is 1. The Labute approximate surface area is 123 Å². The van der Waals surface area contributed by atoms with Crippen LogP contribution in [0.15, 0.2) is 16.4 Å². The smallest absolute Gasteiger partial charge is 0.0619 e. The number of nitrogens with zero attached hydrogens (tertiary/aromatic N) is 1. The molecule has 1 fully saturated rings. The van der Waals surface area contributed by atoms with Crippen LogP contribution in [0.3, 0.4) is 0 Å². The highest BCUT2D eigenvalue weighted by Gasteiger charge is 2.33. The fourth-order valence-electron chi connectivity index (χ4n) is 3.71. The number of aliphatic hydroxyl groups is 1. The molecule has 0 spiro atoms. The monoisotopic (exact) mass is 278 g/mol. The molecule has 0 radical (unpaired) electrons. The molecule has 0 aromatic heterocycles. The highest BCUT2D eigenvalue weighted by Crippen LogP contribution is 2.38. The van der Waals surface area contributed by atoms with Crippen LogP contribution in [-0.2, 0) is 0 Å². The summed E-state index contributed by atoms with van der Waals surface area (Å²) in [6, 6.07) is 0. The minimum atomic E-state index is -0.557. The molecule has 2 N–H and O–H groups in total. The second kappa shape index (κ2) is 5.88. The van der Waals surface area contributed by atoms with Gasteiger partial charge in [-0.1, -0.05) is 13.8 Å². The normalized spacial score (nSPS) is 28.4. The van der Waals surface area contributed by atoms with Gasteiger partial charge >= 0.3 is 0 Å². The van der Waals surface area contributed by atoms with Gasteiger partial charge in [0.2, 0.25) is 0 Å². The summed E-state index contributed by atoms with van der Waals surface area (Å²) in [5, 5.41) is 14.9. The molecular formula is C17H30N2O. The Kier molecular flexibility index (Phi) is 4.58. The van der Waals surface area contributed by atoms with Crippen molar-refractivity contribution in [3.63, 3.8) is 0 Å². The Balaban J connectivity index is 2.20. The first-order valence-corrected chi connectivity index (χ1v) is 8.06. The summed E-state index contributed by atoms with van der Waals surface area (Å²) in [5.74, 6) is 1.38. The lowest BCUT2D eigenvalue weighted by atomic mass is 9.73. The molecule has 1 saturated carbocycles. The van der Waals surface area contributed by atoms with E-state index in [1.807, 2.05) is 13.8 Å². The van der Waals surface area contributed by atoms with E-state index in [1.54, 1.807) is 5.57 Å². The van der Waals surface area contributed by atoms with Crippen molar-refractivity contribution in [2.24, 2.45) is 22.9 Å². The second-order valence-corrected chi connectivity index (χ2v) is 7.33. The summed E-state index contributed by atoms with van der Waals surface area (Å²) in [7, 11) is 0. The summed E-state index contributed by atoms with van der Waals surface area (Å²) in [6.45, 7) is 10.5. The molecule has 2 unspecified atom stereocenters. The SMILES string of the molecule is CC1=C2CCCC(C(C)(C)O)CCC2C(C(C)C)=NN1. The fourth-order valence-corrected chi connectivity index (χ4v) is 3.71. The van der Waals surface area contributed by atoms with Crippen LogP contribution < -0.4 is 5.43 Å². The lowest BCUT2D eigenvalue weighted by Gasteiger charge is -2.37. The van der Waals surface area contributed by atoms with Gasteiger partial charge in [-0.2, -0.15) is 5.10 Å². The number of rotatable bonds is 2. The minimum absolute atomic E-state index is 0.410. The van der Waals surface area contributed by atoms with Crippen molar-refractivity contribution in [2.75, 3.05) is 0 Å². The first-order valence-electron chi connectivity index (χ1n) is 8.06. The first kappa shape index (κ1) is 15.6. The van der Waals surface area contributed by atoms with Gasteiger partial charge in [-0.15, -0.1) is 0 Å². The Morgan fingerprint density at radius 2 is 1.95 bits per heavy atom. The molecule has 114 valence electrons. The van der Waals surface area contributed by atoms with E-state index in [-0.39, 0.29) is 0 Å². The quantitative estimate of drug-likeness (QED) is 0.806. The zero-order valence-electron chi connectivity index (χ0n) is 13.7. The molecule has 1 aliphatic carbocycles. The molecule has 0 saturated heterocycles. The Morgan fingerprint density at radius 3 is 2.55 bits per heavy atom. The number of fused-ring (bicyclic) bond motifs is 1. The van der Waals surface area contributed by atoms with Crippen molar-refractivity contribution in [2.45, 2.75) is 72.3 Å². The van der Waals surface area contributed by atoms with Crippen LogP contribution in [0, 0.1) is 17.8 Å². The lowest BCUT2D eigenvalue weighted by molar-refractivity contribution is 0.00568. The van der Waals surface area contributed by atoms with Crippen molar-refractivity contribution >= 4 is 5.71 Å². The topological polar surface area (TPSA) is 44.6 Å².